The van der Waals surface area contributed by atoms with Gasteiger partial charge in [-0.3, -0.25) is 19.2 Å². The van der Waals surface area contributed by atoms with Crippen LogP contribution in [0.1, 0.15) is 44.9 Å². The minimum atomic E-state index is -1.60. The summed E-state index contributed by atoms with van der Waals surface area (Å²) in [5.74, 6) is -5.82. The summed E-state index contributed by atoms with van der Waals surface area (Å²) in [4.78, 5) is 55.3. The second kappa shape index (κ2) is 10.5. The number of ketones is 1. The Bertz CT molecular complexity index is 705. The van der Waals surface area contributed by atoms with Crippen LogP contribution < -0.4 is 0 Å². The van der Waals surface area contributed by atoms with Crippen LogP contribution in [0.5, 0.6) is 0 Å². The highest BCUT2D eigenvalue weighted by Crippen LogP contribution is 2.41. The number of Topliss-reactive ketones (excluding diaryl/α,β-unsaturated/α-hetero) is 1. The Balaban J connectivity index is 3.23. The third-order valence-corrected chi connectivity index (χ3v) is 5.15. The van der Waals surface area contributed by atoms with Crippen molar-refractivity contribution in [1.82, 2.24) is 0 Å². The van der Waals surface area contributed by atoms with Gasteiger partial charge in [-0.1, -0.05) is 5.57 Å². The fourth-order valence-corrected chi connectivity index (χ4v) is 3.96. The van der Waals surface area contributed by atoms with Crippen molar-refractivity contribution in [1.29, 1.82) is 0 Å². The van der Waals surface area contributed by atoms with Crippen LogP contribution in [0.2, 0.25) is 0 Å². The molecule has 0 aliphatic carbocycles. The van der Waals surface area contributed by atoms with Gasteiger partial charge in [0, 0.05) is 30.9 Å². The van der Waals surface area contributed by atoms with Gasteiger partial charge in [0.25, 0.3) is 0 Å². The van der Waals surface area contributed by atoms with Gasteiger partial charge >= 0.3 is 23.9 Å². The molecule has 4 N–H and O–H groups in total. The third kappa shape index (κ3) is 7.65. The van der Waals surface area contributed by atoms with Crippen LogP contribution in [0.4, 0.5) is 0 Å². The number of carboxylic acids is 4. The topological polar surface area (TPSA) is 166 Å². The minimum Gasteiger partial charge on any atom is -0.481 e. The van der Waals surface area contributed by atoms with Gasteiger partial charge in [0.05, 0.1) is 0 Å². The molecule has 27 heavy (non-hydrogen) atoms. The van der Waals surface area contributed by atoms with E-state index in [0.717, 1.165) is 11.8 Å². The molecule has 1 unspecified atom stereocenters. The highest BCUT2D eigenvalue weighted by molar-refractivity contribution is 8.03. The highest BCUT2D eigenvalue weighted by Gasteiger charge is 2.29. The van der Waals surface area contributed by atoms with E-state index < -0.39 is 34.9 Å². The first-order valence-corrected chi connectivity index (χ1v) is 9.04. The van der Waals surface area contributed by atoms with Gasteiger partial charge in [0.2, 0.25) is 5.78 Å². The number of aliphatic carboxylic acids is 4. The molecule has 1 rings (SSSR count). The largest absolute Gasteiger partial charge is 0.481 e. The molecule has 1 atom stereocenters. The summed E-state index contributed by atoms with van der Waals surface area (Å²) in [6, 6.07) is 0. The van der Waals surface area contributed by atoms with Gasteiger partial charge < -0.3 is 20.4 Å². The molecule has 0 aromatic heterocycles. The standard InChI is InChI=1S/C17H20O9S/c18-12(17(25)26)7-13-11(3-6-16(23)24)10(2-5-15(21)22)9(8-27-13)1-4-14(19)20/h8,13H,1-7H2,(H,19,20)(H,21,22)(H,23,24)(H,25,26). The zero-order valence-corrected chi connectivity index (χ0v) is 15.2. The fourth-order valence-electron chi connectivity index (χ4n) is 2.70. The van der Waals surface area contributed by atoms with E-state index in [-0.39, 0.29) is 44.9 Å². The number of rotatable bonds is 12. The van der Waals surface area contributed by atoms with Crippen molar-refractivity contribution < 1.29 is 44.4 Å². The van der Waals surface area contributed by atoms with Crippen molar-refractivity contribution in [2.45, 2.75) is 50.2 Å². The van der Waals surface area contributed by atoms with E-state index >= 15 is 0 Å². The molecule has 0 aromatic carbocycles. The quantitative estimate of drug-likeness (QED) is 0.355. The lowest BCUT2D eigenvalue weighted by atomic mass is 9.88. The van der Waals surface area contributed by atoms with E-state index in [2.05, 4.69) is 0 Å². The number of carbonyl (C=O) groups is 5. The van der Waals surface area contributed by atoms with Crippen molar-refractivity contribution in [3.05, 3.63) is 22.1 Å². The normalized spacial score (nSPS) is 16.6. The lowest BCUT2D eigenvalue weighted by molar-refractivity contribution is -0.149. The molecule has 0 fully saturated rings. The van der Waals surface area contributed by atoms with E-state index in [0.29, 0.717) is 16.7 Å². The van der Waals surface area contributed by atoms with E-state index in [1.54, 1.807) is 5.41 Å². The maximum Gasteiger partial charge on any atom is 0.372 e. The molecular weight excluding hydrogens is 380 g/mol. The summed E-state index contributed by atoms with van der Waals surface area (Å²) in [5.41, 5.74) is 1.60. The molecule has 0 saturated heterocycles. The van der Waals surface area contributed by atoms with E-state index in [1.807, 2.05) is 0 Å². The molecule has 0 aromatic rings. The molecule has 0 saturated carbocycles. The van der Waals surface area contributed by atoms with E-state index in [9.17, 15) is 24.0 Å². The van der Waals surface area contributed by atoms with E-state index in [4.69, 9.17) is 20.4 Å². The number of hydrogen-bond acceptors (Lipinski definition) is 6. The highest BCUT2D eigenvalue weighted by atomic mass is 32.2. The Kier molecular flexibility index (Phi) is 8.73. The number of carboxylic acid groups (broad SMARTS) is 4. The average Bonchev–Trinajstić information content (AvgIpc) is 2.56. The van der Waals surface area contributed by atoms with Gasteiger partial charge in [0.1, 0.15) is 0 Å². The van der Waals surface area contributed by atoms with Crippen molar-refractivity contribution >= 4 is 41.4 Å². The average molecular weight is 400 g/mol. The molecule has 1 aliphatic heterocycles. The lowest BCUT2D eigenvalue weighted by Gasteiger charge is -2.28. The van der Waals surface area contributed by atoms with Crippen LogP contribution >= 0.6 is 11.8 Å². The van der Waals surface area contributed by atoms with Gasteiger partial charge in [-0.2, -0.15) is 0 Å². The van der Waals surface area contributed by atoms with Gasteiger partial charge in [-0.25, -0.2) is 4.79 Å². The predicted octanol–water partition coefficient (Wildman–Crippen LogP) is 1.92. The maximum atomic E-state index is 11.6. The summed E-state index contributed by atoms with van der Waals surface area (Å²) >= 11 is 1.13. The van der Waals surface area contributed by atoms with Gasteiger partial charge in [-0.15, -0.1) is 11.8 Å². The Morgan fingerprint density at radius 1 is 0.815 bits per heavy atom. The molecule has 1 aliphatic rings. The molecule has 9 nitrogen and oxygen atoms in total. The van der Waals surface area contributed by atoms with Crippen molar-refractivity contribution in [3.63, 3.8) is 0 Å². The summed E-state index contributed by atoms with van der Waals surface area (Å²) in [6.07, 6.45) is -0.847. The Morgan fingerprint density at radius 3 is 1.85 bits per heavy atom. The lowest BCUT2D eigenvalue weighted by Crippen LogP contribution is -2.23. The molecular formula is C17H20O9S. The second-order valence-corrected chi connectivity index (χ2v) is 6.96. The third-order valence-electron chi connectivity index (χ3n) is 3.95. The summed E-state index contributed by atoms with van der Waals surface area (Å²) in [7, 11) is 0. The summed E-state index contributed by atoms with van der Waals surface area (Å²) in [5, 5.41) is 36.7. The Labute approximate surface area is 158 Å². The van der Waals surface area contributed by atoms with Crippen molar-refractivity contribution in [2.75, 3.05) is 0 Å². The summed E-state index contributed by atoms with van der Waals surface area (Å²) in [6.45, 7) is 0. The molecule has 0 amide bonds. The monoisotopic (exact) mass is 400 g/mol. The Hall–Kier alpha value is -2.62. The number of carbonyl (C=O) groups excluding carboxylic acids is 1. The zero-order valence-electron chi connectivity index (χ0n) is 14.3. The maximum absolute atomic E-state index is 11.6. The smallest absolute Gasteiger partial charge is 0.372 e. The van der Waals surface area contributed by atoms with Crippen LogP contribution in [0, 0.1) is 0 Å². The minimum absolute atomic E-state index is 0.0270. The zero-order chi connectivity index (χ0) is 20.6. The molecule has 1 heterocycles. The first-order valence-electron chi connectivity index (χ1n) is 8.10. The Morgan fingerprint density at radius 2 is 1.33 bits per heavy atom. The van der Waals surface area contributed by atoms with Crippen LogP contribution in [0.15, 0.2) is 22.1 Å². The predicted molar refractivity (Wildman–Crippen MR) is 94.4 cm³/mol. The SMILES string of the molecule is O=C(O)CCC1=CSC(CC(=O)C(=O)O)C(CCC(=O)O)=C1CCC(=O)O. The first-order chi connectivity index (χ1) is 12.6. The fraction of sp³-hybridized carbons (Fsp3) is 0.471. The molecule has 148 valence electrons. The van der Waals surface area contributed by atoms with E-state index in [1.165, 1.54) is 0 Å². The number of hydrogen-bond donors (Lipinski definition) is 4. The van der Waals surface area contributed by atoms with Crippen molar-refractivity contribution in [3.8, 4) is 0 Å². The van der Waals surface area contributed by atoms with Crippen molar-refractivity contribution in [2.24, 2.45) is 0 Å². The molecule has 0 spiro atoms. The summed E-state index contributed by atoms with van der Waals surface area (Å²) < 4.78 is 0. The van der Waals surface area contributed by atoms with Crippen LogP contribution in [-0.4, -0.2) is 55.3 Å². The van der Waals surface area contributed by atoms with Crippen LogP contribution in [0.3, 0.4) is 0 Å². The number of thioether (sulfide) groups is 1. The second-order valence-electron chi connectivity index (χ2n) is 5.89. The number of allylic oxidation sites excluding steroid dienone is 2. The van der Waals surface area contributed by atoms with Gasteiger partial charge in [-0.05, 0) is 35.8 Å². The molecule has 0 bridgehead atoms. The van der Waals surface area contributed by atoms with Gasteiger partial charge in [0.15, 0.2) is 0 Å². The first kappa shape index (κ1) is 22.4. The van der Waals surface area contributed by atoms with Crippen LogP contribution in [0.25, 0.3) is 0 Å². The van der Waals surface area contributed by atoms with Crippen LogP contribution in [-0.2, 0) is 24.0 Å². The molecule has 0 radical (unpaired) electrons. The molecule has 10 heteroatoms.